The number of carbonyl (C=O) groups excluding carboxylic acids is 1. The highest BCUT2D eigenvalue weighted by Gasteiger charge is 2.11. The minimum absolute atomic E-state index is 0.00731. The highest BCUT2D eigenvalue weighted by molar-refractivity contribution is 9.10. The van der Waals surface area contributed by atoms with E-state index in [1.807, 2.05) is 25.1 Å². The summed E-state index contributed by atoms with van der Waals surface area (Å²) in [6.07, 6.45) is 1.02. The standard InChI is InChI=1S/C14H21BrN2O2/c1-4-7-16-9-14(18)17-10(2)11-5-6-13(19-3)12(15)8-11/h5-6,8,10,16H,4,7,9H2,1-3H3,(H,17,18). The van der Waals surface area contributed by atoms with Gasteiger partial charge in [-0.15, -0.1) is 0 Å². The van der Waals surface area contributed by atoms with E-state index in [0.717, 1.165) is 28.8 Å². The van der Waals surface area contributed by atoms with Gasteiger partial charge in [-0.25, -0.2) is 0 Å². The minimum atomic E-state index is -0.0295. The number of hydrogen-bond donors (Lipinski definition) is 2. The van der Waals surface area contributed by atoms with Crippen LogP contribution in [-0.4, -0.2) is 26.1 Å². The zero-order valence-corrected chi connectivity index (χ0v) is 13.2. The second-order valence-corrected chi connectivity index (χ2v) is 5.21. The van der Waals surface area contributed by atoms with E-state index in [0.29, 0.717) is 6.54 Å². The normalized spacial score (nSPS) is 12.0. The number of halogens is 1. The third-order valence-electron chi connectivity index (χ3n) is 2.77. The van der Waals surface area contributed by atoms with Gasteiger partial charge in [0.2, 0.25) is 5.91 Å². The monoisotopic (exact) mass is 328 g/mol. The van der Waals surface area contributed by atoms with Crippen molar-refractivity contribution in [2.24, 2.45) is 0 Å². The number of rotatable bonds is 7. The Morgan fingerprint density at radius 3 is 2.79 bits per heavy atom. The second-order valence-electron chi connectivity index (χ2n) is 4.36. The third kappa shape index (κ3) is 5.20. The van der Waals surface area contributed by atoms with Crippen molar-refractivity contribution in [3.63, 3.8) is 0 Å². The fourth-order valence-corrected chi connectivity index (χ4v) is 2.26. The summed E-state index contributed by atoms with van der Waals surface area (Å²) in [6, 6.07) is 5.77. The molecule has 1 rings (SSSR count). The van der Waals surface area contributed by atoms with Crippen molar-refractivity contribution >= 4 is 21.8 Å². The summed E-state index contributed by atoms with van der Waals surface area (Å²) in [6.45, 7) is 5.25. The molecular weight excluding hydrogens is 308 g/mol. The molecular formula is C14H21BrN2O2. The summed E-state index contributed by atoms with van der Waals surface area (Å²) in [5, 5.41) is 6.04. The smallest absolute Gasteiger partial charge is 0.234 e. The van der Waals surface area contributed by atoms with Gasteiger partial charge in [-0.3, -0.25) is 4.79 Å². The first-order chi connectivity index (χ1) is 9.08. The van der Waals surface area contributed by atoms with E-state index in [1.54, 1.807) is 7.11 Å². The van der Waals surface area contributed by atoms with Gasteiger partial charge in [0.25, 0.3) is 0 Å². The van der Waals surface area contributed by atoms with E-state index in [1.165, 1.54) is 0 Å². The number of amides is 1. The molecule has 1 unspecified atom stereocenters. The number of methoxy groups -OCH3 is 1. The molecule has 0 aliphatic carbocycles. The van der Waals surface area contributed by atoms with E-state index < -0.39 is 0 Å². The molecule has 0 aliphatic heterocycles. The van der Waals surface area contributed by atoms with Crippen LogP contribution in [0.15, 0.2) is 22.7 Å². The fourth-order valence-electron chi connectivity index (χ4n) is 1.71. The Morgan fingerprint density at radius 2 is 2.21 bits per heavy atom. The van der Waals surface area contributed by atoms with Gasteiger partial charge in [0, 0.05) is 0 Å². The Bertz CT molecular complexity index is 424. The van der Waals surface area contributed by atoms with E-state index in [-0.39, 0.29) is 11.9 Å². The van der Waals surface area contributed by atoms with Crippen molar-refractivity contribution in [1.29, 1.82) is 0 Å². The summed E-state index contributed by atoms with van der Waals surface area (Å²) in [5.41, 5.74) is 1.04. The number of hydrogen-bond acceptors (Lipinski definition) is 3. The maximum atomic E-state index is 11.7. The quantitative estimate of drug-likeness (QED) is 0.756. The lowest BCUT2D eigenvalue weighted by molar-refractivity contribution is -0.120. The molecule has 0 saturated carbocycles. The van der Waals surface area contributed by atoms with Crippen LogP contribution in [0.4, 0.5) is 0 Å². The van der Waals surface area contributed by atoms with E-state index >= 15 is 0 Å². The lowest BCUT2D eigenvalue weighted by atomic mass is 10.1. The molecule has 0 aliphatic rings. The Labute approximate surface area is 123 Å². The SMILES string of the molecule is CCCNCC(=O)NC(C)c1ccc(OC)c(Br)c1. The summed E-state index contributed by atoms with van der Waals surface area (Å²) >= 11 is 3.44. The van der Waals surface area contributed by atoms with E-state index in [2.05, 4.69) is 33.5 Å². The first-order valence-corrected chi connectivity index (χ1v) is 7.21. The molecule has 0 radical (unpaired) electrons. The Hall–Kier alpha value is -1.07. The van der Waals surface area contributed by atoms with Crippen molar-refractivity contribution < 1.29 is 9.53 Å². The van der Waals surface area contributed by atoms with Gasteiger partial charge < -0.3 is 15.4 Å². The van der Waals surface area contributed by atoms with Crippen LogP contribution in [0.2, 0.25) is 0 Å². The predicted molar refractivity (Wildman–Crippen MR) is 80.4 cm³/mol. The van der Waals surface area contributed by atoms with Crippen LogP contribution >= 0.6 is 15.9 Å². The maximum Gasteiger partial charge on any atom is 0.234 e. The van der Waals surface area contributed by atoms with Gasteiger partial charge in [-0.1, -0.05) is 13.0 Å². The van der Waals surface area contributed by atoms with Crippen molar-refractivity contribution in [2.75, 3.05) is 20.2 Å². The maximum absolute atomic E-state index is 11.7. The summed E-state index contributed by atoms with van der Waals surface area (Å²) in [5.74, 6) is 0.791. The topological polar surface area (TPSA) is 50.4 Å². The molecule has 1 aromatic carbocycles. The van der Waals surface area contributed by atoms with Crippen LogP contribution in [-0.2, 0) is 4.79 Å². The molecule has 2 N–H and O–H groups in total. The second kappa shape index (κ2) is 8.17. The zero-order chi connectivity index (χ0) is 14.3. The molecule has 0 fully saturated rings. The number of ether oxygens (including phenoxy) is 1. The van der Waals surface area contributed by atoms with Gasteiger partial charge in [-0.05, 0) is 53.5 Å². The minimum Gasteiger partial charge on any atom is -0.496 e. The molecule has 1 atom stereocenters. The van der Waals surface area contributed by atoms with Gasteiger partial charge >= 0.3 is 0 Å². The Balaban J connectivity index is 2.55. The van der Waals surface area contributed by atoms with Crippen LogP contribution < -0.4 is 15.4 Å². The summed E-state index contributed by atoms with van der Waals surface area (Å²) in [7, 11) is 1.63. The third-order valence-corrected chi connectivity index (χ3v) is 3.39. The molecule has 19 heavy (non-hydrogen) atoms. The molecule has 0 heterocycles. The molecule has 106 valence electrons. The first kappa shape index (κ1) is 16.0. The number of nitrogens with one attached hydrogen (secondary N) is 2. The average Bonchev–Trinajstić information content (AvgIpc) is 2.38. The molecule has 0 saturated heterocycles. The molecule has 4 nitrogen and oxygen atoms in total. The number of benzene rings is 1. The van der Waals surface area contributed by atoms with Gasteiger partial charge in [0.1, 0.15) is 5.75 Å². The van der Waals surface area contributed by atoms with Crippen molar-refractivity contribution in [3.05, 3.63) is 28.2 Å². The van der Waals surface area contributed by atoms with Gasteiger partial charge in [0.15, 0.2) is 0 Å². The molecule has 0 aromatic heterocycles. The average molecular weight is 329 g/mol. The number of carbonyl (C=O) groups is 1. The van der Waals surface area contributed by atoms with Crippen LogP contribution in [0, 0.1) is 0 Å². The summed E-state index contributed by atoms with van der Waals surface area (Å²) in [4.78, 5) is 11.7. The van der Waals surface area contributed by atoms with Crippen molar-refractivity contribution in [1.82, 2.24) is 10.6 Å². The highest BCUT2D eigenvalue weighted by atomic mass is 79.9. The van der Waals surface area contributed by atoms with Gasteiger partial charge in [-0.2, -0.15) is 0 Å². The Kier molecular flexibility index (Phi) is 6.87. The molecule has 0 spiro atoms. The van der Waals surface area contributed by atoms with Gasteiger partial charge in [0.05, 0.1) is 24.2 Å². The van der Waals surface area contributed by atoms with E-state index in [9.17, 15) is 4.79 Å². The predicted octanol–water partition coefficient (Wildman–Crippen LogP) is 2.63. The van der Waals surface area contributed by atoms with Crippen molar-refractivity contribution in [2.45, 2.75) is 26.3 Å². The van der Waals surface area contributed by atoms with E-state index in [4.69, 9.17) is 4.74 Å². The first-order valence-electron chi connectivity index (χ1n) is 6.42. The summed E-state index contributed by atoms with van der Waals surface area (Å²) < 4.78 is 6.07. The molecule has 1 aromatic rings. The fraction of sp³-hybridized carbons (Fsp3) is 0.500. The molecule has 1 amide bonds. The Morgan fingerprint density at radius 1 is 1.47 bits per heavy atom. The molecule has 5 heteroatoms. The van der Waals surface area contributed by atoms with Crippen LogP contribution in [0.1, 0.15) is 31.9 Å². The lowest BCUT2D eigenvalue weighted by Gasteiger charge is -2.16. The largest absolute Gasteiger partial charge is 0.496 e. The van der Waals surface area contributed by atoms with Crippen LogP contribution in [0.5, 0.6) is 5.75 Å². The molecule has 0 bridgehead atoms. The van der Waals surface area contributed by atoms with Crippen LogP contribution in [0.25, 0.3) is 0 Å². The van der Waals surface area contributed by atoms with Crippen molar-refractivity contribution in [3.8, 4) is 5.75 Å². The highest BCUT2D eigenvalue weighted by Crippen LogP contribution is 2.27. The zero-order valence-electron chi connectivity index (χ0n) is 11.6. The lowest BCUT2D eigenvalue weighted by Crippen LogP contribution is -2.35. The van der Waals surface area contributed by atoms with Crippen LogP contribution in [0.3, 0.4) is 0 Å².